The van der Waals surface area contributed by atoms with Gasteiger partial charge in [-0.2, -0.15) is 0 Å². The van der Waals surface area contributed by atoms with E-state index in [2.05, 4.69) is 5.32 Å². The summed E-state index contributed by atoms with van der Waals surface area (Å²) in [5, 5.41) is 3.05. The Hall–Kier alpha value is -1.10. The molecule has 2 amide bonds. The van der Waals surface area contributed by atoms with Crippen LogP contribution in [0.15, 0.2) is 0 Å². The van der Waals surface area contributed by atoms with Crippen molar-refractivity contribution >= 4 is 11.8 Å². The second kappa shape index (κ2) is 4.45. The van der Waals surface area contributed by atoms with Crippen LogP contribution >= 0.6 is 0 Å². The number of hydrogen-bond donors (Lipinski definition) is 1. The lowest BCUT2D eigenvalue weighted by Crippen LogP contribution is -2.75. The van der Waals surface area contributed by atoms with Crippen molar-refractivity contribution in [3.8, 4) is 0 Å². The largest absolute Gasteiger partial charge is 0.383 e. The van der Waals surface area contributed by atoms with Gasteiger partial charge in [0, 0.05) is 13.7 Å². The van der Waals surface area contributed by atoms with Gasteiger partial charge in [0.05, 0.1) is 6.61 Å². The van der Waals surface area contributed by atoms with Crippen molar-refractivity contribution in [2.24, 2.45) is 11.8 Å². The third-order valence-corrected chi connectivity index (χ3v) is 5.37. The van der Waals surface area contributed by atoms with Crippen molar-refractivity contribution in [3.05, 3.63) is 0 Å². The van der Waals surface area contributed by atoms with Crippen molar-refractivity contribution in [3.63, 3.8) is 0 Å². The summed E-state index contributed by atoms with van der Waals surface area (Å²) in [6, 6.07) is 0. The Morgan fingerprint density at radius 2 is 1.80 bits per heavy atom. The summed E-state index contributed by atoms with van der Waals surface area (Å²) in [4.78, 5) is 27.5. The van der Waals surface area contributed by atoms with Crippen molar-refractivity contribution in [2.45, 2.75) is 50.6 Å². The minimum absolute atomic E-state index is 0.0186. The maximum atomic E-state index is 13.0. The number of nitrogens with zero attached hydrogens (tertiary/aromatic N) is 1. The van der Waals surface area contributed by atoms with Gasteiger partial charge >= 0.3 is 0 Å². The standard InChI is InChI=1S/C15H24N2O3/c1-14(10-4-5-10)13(19)17(8-9-20-3)15(2,11-6-7-11)12(18)16-14/h10-11H,4-9H2,1-3H3,(H,16,18). The predicted octanol–water partition coefficient (Wildman–Crippen LogP) is 0.929. The van der Waals surface area contributed by atoms with E-state index >= 15 is 0 Å². The van der Waals surface area contributed by atoms with Crippen molar-refractivity contribution in [1.82, 2.24) is 10.2 Å². The summed E-state index contributed by atoms with van der Waals surface area (Å²) in [6.07, 6.45) is 4.11. The van der Waals surface area contributed by atoms with Crippen LogP contribution in [-0.2, 0) is 14.3 Å². The van der Waals surface area contributed by atoms with Crippen molar-refractivity contribution < 1.29 is 14.3 Å². The molecule has 0 spiro atoms. The number of amides is 2. The first-order chi connectivity index (χ1) is 9.44. The number of methoxy groups -OCH3 is 1. The van der Waals surface area contributed by atoms with Gasteiger partial charge in [-0.25, -0.2) is 0 Å². The van der Waals surface area contributed by atoms with Gasteiger partial charge in [-0.3, -0.25) is 9.59 Å². The normalized spacial score (nSPS) is 38.0. The van der Waals surface area contributed by atoms with Gasteiger partial charge in [0.25, 0.3) is 0 Å². The molecule has 2 aliphatic carbocycles. The highest BCUT2D eigenvalue weighted by Crippen LogP contribution is 2.49. The number of carbonyl (C=O) groups is 2. The van der Waals surface area contributed by atoms with Crippen LogP contribution in [0.4, 0.5) is 0 Å². The zero-order valence-corrected chi connectivity index (χ0v) is 12.6. The van der Waals surface area contributed by atoms with E-state index in [0.29, 0.717) is 25.0 Å². The van der Waals surface area contributed by atoms with Gasteiger partial charge in [-0.15, -0.1) is 0 Å². The highest BCUT2D eigenvalue weighted by molar-refractivity contribution is 6.02. The molecule has 5 heteroatoms. The fourth-order valence-corrected chi connectivity index (χ4v) is 3.53. The summed E-state index contributed by atoms with van der Waals surface area (Å²) < 4.78 is 5.14. The van der Waals surface area contributed by atoms with Gasteiger partial charge in [0.1, 0.15) is 11.1 Å². The first-order valence-electron chi connectivity index (χ1n) is 7.58. The highest BCUT2D eigenvalue weighted by Gasteiger charge is 2.63. The van der Waals surface area contributed by atoms with E-state index in [1.165, 1.54) is 0 Å². The topological polar surface area (TPSA) is 58.6 Å². The third kappa shape index (κ3) is 1.86. The molecule has 1 N–H and O–H groups in total. The molecule has 0 aromatic rings. The van der Waals surface area contributed by atoms with Gasteiger partial charge < -0.3 is 15.0 Å². The molecule has 112 valence electrons. The summed E-state index contributed by atoms with van der Waals surface area (Å²) in [5.41, 5.74) is -1.40. The van der Waals surface area contributed by atoms with Crippen molar-refractivity contribution in [2.75, 3.05) is 20.3 Å². The smallest absolute Gasteiger partial charge is 0.249 e. The zero-order chi connectivity index (χ0) is 14.5. The SMILES string of the molecule is COCCN1C(=O)C(C)(C2CC2)NC(=O)C1(C)C1CC1. The highest BCUT2D eigenvalue weighted by atomic mass is 16.5. The molecule has 2 saturated carbocycles. The first-order valence-corrected chi connectivity index (χ1v) is 7.58. The quantitative estimate of drug-likeness (QED) is 0.815. The Labute approximate surface area is 120 Å². The van der Waals surface area contributed by atoms with Crippen molar-refractivity contribution in [1.29, 1.82) is 0 Å². The molecule has 0 aromatic carbocycles. The number of piperazine rings is 1. The molecule has 5 nitrogen and oxygen atoms in total. The molecule has 0 aromatic heterocycles. The van der Waals surface area contributed by atoms with Gasteiger partial charge in [0.15, 0.2) is 0 Å². The number of ether oxygens (including phenoxy) is 1. The Kier molecular flexibility index (Phi) is 3.08. The molecule has 2 unspecified atom stereocenters. The van der Waals surface area contributed by atoms with Crippen LogP contribution in [0.5, 0.6) is 0 Å². The fourth-order valence-electron chi connectivity index (χ4n) is 3.53. The molecule has 20 heavy (non-hydrogen) atoms. The Bertz CT molecular complexity index is 444. The average molecular weight is 280 g/mol. The molecule has 3 aliphatic rings. The molecule has 0 bridgehead atoms. The number of rotatable bonds is 5. The average Bonchev–Trinajstić information content (AvgIpc) is 3.28. The predicted molar refractivity (Wildman–Crippen MR) is 74.0 cm³/mol. The van der Waals surface area contributed by atoms with Crippen LogP contribution in [0.25, 0.3) is 0 Å². The maximum absolute atomic E-state index is 13.0. The Balaban J connectivity index is 1.92. The molecule has 1 saturated heterocycles. The molecule has 2 atom stereocenters. The molecular formula is C15H24N2O3. The molecular weight excluding hydrogens is 256 g/mol. The van der Waals surface area contributed by atoms with Gasteiger partial charge in [-0.1, -0.05) is 0 Å². The summed E-state index contributed by atoms with van der Waals surface area (Å²) in [6.45, 7) is 4.78. The maximum Gasteiger partial charge on any atom is 0.249 e. The molecule has 1 aliphatic heterocycles. The van der Waals surface area contributed by atoms with E-state index in [1.54, 1.807) is 12.0 Å². The minimum atomic E-state index is -0.709. The summed E-state index contributed by atoms with van der Waals surface area (Å²) in [5.74, 6) is 0.691. The second-order valence-corrected chi connectivity index (χ2v) is 6.80. The van der Waals surface area contributed by atoms with E-state index in [-0.39, 0.29) is 11.8 Å². The molecule has 3 fully saturated rings. The van der Waals surface area contributed by atoms with E-state index in [9.17, 15) is 9.59 Å². The van der Waals surface area contributed by atoms with Crippen LogP contribution < -0.4 is 5.32 Å². The minimum Gasteiger partial charge on any atom is -0.383 e. The monoisotopic (exact) mass is 280 g/mol. The van der Waals surface area contributed by atoms with Crippen LogP contribution in [0.3, 0.4) is 0 Å². The molecule has 0 radical (unpaired) electrons. The second-order valence-electron chi connectivity index (χ2n) is 6.80. The van der Waals surface area contributed by atoms with Crippen LogP contribution in [0.1, 0.15) is 39.5 Å². The third-order valence-electron chi connectivity index (χ3n) is 5.37. The Morgan fingerprint density at radius 1 is 1.20 bits per heavy atom. The van der Waals surface area contributed by atoms with E-state index < -0.39 is 11.1 Å². The zero-order valence-electron chi connectivity index (χ0n) is 12.6. The fraction of sp³-hybridized carbons (Fsp3) is 0.867. The lowest BCUT2D eigenvalue weighted by molar-refractivity contribution is -0.165. The summed E-state index contributed by atoms with van der Waals surface area (Å²) >= 11 is 0. The number of nitrogens with one attached hydrogen (secondary N) is 1. The molecule has 3 rings (SSSR count). The number of carbonyl (C=O) groups excluding carboxylic acids is 2. The van der Waals surface area contributed by atoms with Crippen LogP contribution in [-0.4, -0.2) is 48.1 Å². The first kappa shape index (κ1) is 13.9. The lowest BCUT2D eigenvalue weighted by atomic mass is 9.81. The van der Waals surface area contributed by atoms with Crippen LogP contribution in [0, 0.1) is 11.8 Å². The van der Waals surface area contributed by atoms with Gasteiger partial charge in [-0.05, 0) is 51.4 Å². The van der Waals surface area contributed by atoms with Crippen LogP contribution in [0.2, 0.25) is 0 Å². The van der Waals surface area contributed by atoms with E-state index in [4.69, 9.17) is 4.74 Å². The van der Waals surface area contributed by atoms with E-state index in [1.807, 2.05) is 13.8 Å². The van der Waals surface area contributed by atoms with Gasteiger partial charge in [0.2, 0.25) is 11.8 Å². The summed E-state index contributed by atoms with van der Waals surface area (Å²) in [7, 11) is 1.63. The van der Waals surface area contributed by atoms with E-state index in [0.717, 1.165) is 25.7 Å². The molecule has 1 heterocycles. The lowest BCUT2D eigenvalue weighted by Gasteiger charge is -2.50. The number of hydrogen-bond acceptors (Lipinski definition) is 3. The Morgan fingerprint density at radius 3 is 2.30 bits per heavy atom.